The van der Waals surface area contributed by atoms with Crippen LogP contribution in [0.3, 0.4) is 0 Å². The number of anilines is 1. The van der Waals surface area contributed by atoms with Gasteiger partial charge in [-0.05, 0) is 18.1 Å². The molecule has 1 rings (SSSR count). The maximum absolute atomic E-state index is 9.70. The molecule has 3 nitrogen and oxygen atoms in total. The quantitative estimate of drug-likeness (QED) is 0.761. The van der Waals surface area contributed by atoms with Gasteiger partial charge in [0.05, 0.1) is 6.61 Å². The predicted molar refractivity (Wildman–Crippen MR) is 72.0 cm³/mol. The van der Waals surface area contributed by atoms with E-state index in [-0.39, 0.29) is 0 Å². The van der Waals surface area contributed by atoms with Crippen LogP contribution in [-0.4, -0.2) is 20.7 Å². The van der Waals surface area contributed by atoms with Crippen LogP contribution in [-0.2, 0) is 9.09 Å². The van der Waals surface area contributed by atoms with E-state index in [0.29, 0.717) is 12.5 Å². The molecule has 0 radical (unpaired) electrons. The smallest absolute Gasteiger partial charge is 0.179 e. The topological polar surface area (TPSA) is 29.5 Å². The van der Waals surface area contributed by atoms with E-state index < -0.39 is 8.69 Å². The van der Waals surface area contributed by atoms with Crippen molar-refractivity contribution in [2.45, 2.75) is 13.8 Å². The van der Waals surface area contributed by atoms with Crippen molar-refractivity contribution in [1.82, 2.24) is 0 Å². The van der Waals surface area contributed by atoms with Crippen LogP contribution in [0.25, 0.3) is 0 Å². The van der Waals surface area contributed by atoms with E-state index >= 15 is 0 Å². The molecule has 0 aliphatic heterocycles. The molecule has 0 saturated carbocycles. The molecule has 1 aromatic carbocycles. The Hall–Kier alpha value is -0.790. The van der Waals surface area contributed by atoms with Gasteiger partial charge in [0.1, 0.15) is 0 Å². The summed E-state index contributed by atoms with van der Waals surface area (Å²) in [5, 5.41) is 0. The molecular weight excluding hydrogens is 221 g/mol. The lowest BCUT2D eigenvalue weighted by atomic mass is 10.2. The molecule has 0 fully saturated rings. The normalized spacial score (nSPS) is 10.3. The lowest BCUT2D eigenvalue weighted by Gasteiger charge is -2.10. The molecule has 0 amide bonds. The summed E-state index contributed by atoms with van der Waals surface area (Å²) >= 11 is 0. The van der Waals surface area contributed by atoms with Crippen LogP contribution in [0.2, 0.25) is 0 Å². The molecule has 0 aromatic heterocycles. The van der Waals surface area contributed by atoms with Crippen LogP contribution in [0.15, 0.2) is 30.3 Å². The number of nitrogens with zero attached hydrogens (tertiary/aromatic N) is 1. The SMILES string of the molecule is CC(C)CO[PH2]=O.CN(C)c1ccccc1. The molecule has 0 bridgehead atoms. The highest BCUT2D eigenvalue weighted by Gasteiger charge is 1.88. The van der Waals surface area contributed by atoms with Gasteiger partial charge in [-0.3, -0.25) is 4.57 Å². The number of hydrogen-bond acceptors (Lipinski definition) is 3. The fourth-order valence-corrected chi connectivity index (χ4v) is 1.42. The van der Waals surface area contributed by atoms with E-state index in [0.717, 1.165) is 0 Å². The minimum absolute atomic E-state index is 0.501. The molecule has 0 aliphatic carbocycles. The van der Waals surface area contributed by atoms with E-state index in [4.69, 9.17) is 0 Å². The zero-order valence-electron chi connectivity index (χ0n) is 10.5. The van der Waals surface area contributed by atoms with Gasteiger partial charge < -0.3 is 9.42 Å². The molecule has 0 N–H and O–H groups in total. The van der Waals surface area contributed by atoms with Crippen LogP contribution < -0.4 is 4.90 Å². The van der Waals surface area contributed by atoms with Crippen molar-refractivity contribution in [2.75, 3.05) is 25.6 Å². The monoisotopic (exact) mass is 243 g/mol. The minimum Gasteiger partial charge on any atom is -0.378 e. The molecule has 1 atom stereocenters. The summed E-state index contributed by atoms with van der Waals surface area (Å²) in [6.45, 7) is 4.67. The summed E-state index contributed by atoms with van der Waals surface area (Å²) in [5.41, 5.74) is 1.25. The van der Waals surface area contributed by atoms with Gasteiger partial charge in [0.2, 0.25) is 0 Å². The van der Waals surface area contributed by atoms with Crippen molar-refractivity contribution >= 4 is 14.4 Å². The van der Waals surface area contributed by atoms with Gasteiger partial charge >= 0.3 is 0 Å². The van der Waals surface area contributed by atoms with Gasteiger partial charge in [-0.25, -0.2) is 0 Å². The van der Waals surface area contributed by atoms with E-state index in [1.165, 1.54) is 5.69 Å². The average Bonchev–Trinajstić information content (AvgIpc) is 2.28. The number of benzene rings is 1. The van der Waals surface area contributed by atoms with E-state index in [1.807, 2.05) is 46.1 Å². The van der Waals surface area contributed by atoms with Crippen molar-refractivity contribution in [2.24, 2.45) is 5.92 Å². The summed E-state index contributed by atoms with van der Waals surface area (Å²) < 4.78 is 14.3. The summed E-state index contributed by atoms with van der Waals surface area (Å²) in [4.78, 5) is 2.08. The molecule has 0 aliphatic rings. The van der Waals surface area contributed by atoms with Crippen LogP contribution >= 0.6 is 8.69 Å². The van der Waals surface area contributed by atoms with Crippen molar-refractivity contribution < 1.29 is 9.09 Å². The third kappa shape index (κ3) is 8.51. The molecule has 16 heavy (non-hydrogen) atoms. The Balaban J connectivity index is 0.000000293. The highest BCUT2D eigenvalue weighted by atomic mass is 31.1. The average molecular weight is 243 g/mol. The second kappa shape index (κ2) is 9.44. The fraction of sp³-hybridized carbons (Fsp3) is 0.500. The Labute approximate surface area is 99.7 Å². The number of rotatable bonds is 4. The van der Waals surface area contributed by atoms with Gasteiger partial charge in [-0.2, -0.15) is 0 Å². The highest BCUT2D eigenvalue weighted by Crippen LogP contribution is 2.07. The number of hydrogen-bond donors (Lipinski definition) is 0. The van der Waals surface area contributed by atoms with Gasteiger partial charge in [0.15, 0.2) is 8.69 Å². The Morgan fingerprint density at radius 1 is 1.25 bits per heavy atom. The standard InChI is InChI=1S/C8H11N.C4H11O2P/c1-9(2)8-6-4-3-5-7-8;1-4(2)3-6-7-5/h3-7H,1-2H3;4H,3,7H2,1-2H3. The second-order valence-corrected chi connectivity index (χ2v) is 4.58. The van der Waals surface area contributed by atoms with Crippen LogP contribution in [0.5, 0.6) is 0 Å². The van der Waals surface area contributed by atoms with Crippen molar-refractivity contribution in [3.8, 4) is 0 Å². The van der Waals surface area contributed by atoms with Crippen molar-refractivity contribution in [1.29, 1.82) is 0 Å². The fourth-order valence-electron chi connectivity index (χ4n) is 0.958. The summed E-state index contributed by atoms with van der Waals surface area (Å²) in [6.07, 6.45) is 0. The number of para-hydroxylation sites is 1. The van der Waals surface area contributed by atoms with Gasteiger partial charge in [0.25, 0.3) is 0 Å². The molecule has 0 heterocycles. The van der Waals surface area contributed by atoms with Crippen LogP contribution in [0, 0.1) is 5.92 Å². The Kier molecular flexibility index (Phi) is 8.97. The molecule has 1 aromatic rings. The zero-order valence-corrected chi connectivity index (χ0v) is 11.7. The second-order valence-electron chi connectivity index (χ2n) is 4.05. The minimum atomic E-state index is -0.989. The maximum Gasteiger partial charge on any atom is 0.179 e. The first-order valence-electron chi connectivity index (χ1n) is 5.35. The van der Waals surface area contributed by atoms with Crippen molar-refractivity contribution in [3.63, 3.8) is 0 Å². The Morgan fingerprint density at radius 3 is 2.06 bits per heavy atom. The first-order chi connectivity index (χ1) is 7.57. The highest BCUT2D eigenvalue weighted by molar-refractivity contribution is 7.17. The molecule has 1 unspecified atom stereocenters. The van der Waals surface area contributed by atoms with Crippen LogP contribution in [0.1, 0.15) is 13.8 Å². The van der Waals surface area contributed by atoms with Crippen molar-refractivity contribution in [3.05, 3.63) is 30.3 Å². The lowest BCUT2D eigenvalue weighted by Crippen LogP contribution is -2.07. The van der Waals surface area contributed by atoms with Gasteiger partial charge in [-0.1, -0.05) is 32.0 Å². The first kappa shape index (κ1) is 15.2. The largest absolute Gasteiger partial charge is 0.378 e. The Morgan fingerprint density at radius 2 is 1.81 bits per heavy atom. The van der Waals surface area contributed by atoms with Gasteiger partial charge in [-0.15, -0.1) is 0 Å². The lowest BCUT2D eigenvalue weighted by molar-refractivity contribution is 0.293. The third-order valence-corrected chi connectivity index (χ3v) is 2.10. The maximum atomic E-state index is 9.70. The predicted octanol–water partition coefficient (Wildman–Crippen LogP) is 3.08. The first-order valence-corrected chi connectivity index (χ1v) is 6.29. The van der Waals surface area contributed by atoms with Crippen LogP contribution in [0.4, 0.5) is 5.69 Å². The van der Waals surface area contributed by atoms with E-state index in [1.54, 1.807) is 0 Å². The molecule has 0 saturated heterocycles. The van der Waals surface area contributed by atoms with E-state index in [2.05, 4.69) is 21.6 Å². The molecular formula is C12H22NO2P. The molecule has 92 valence electrons. The third-order valence-electron chi connectivity index (χ3n) is 1.77. The summed E-state index contributed by atoms with van der Waals surface area (Å²) in [7, 11) is 3.08. The Bertz CT molecular complexity index is 276. The summed E-state index contributed by atoms with van der Waals surface area (Å²) in [5.74, 6) is 0.501. The van der Waals surface area contributed by atoms with Gasteiger partial charge in [0, 0.05) is 19.8 Å². The molecule has 4 heteroatoms. The summed E-state index contributed by atoms with van der Waals surface area (Å²) in [6, 6.07) is 10.3. The zero-order chi connectivity index (χ0) is 12.4. The molecule has 0 spiro atoms. The van der Waals surface area contributed by atoms with E-state index in [9.17, 15) is 4.57 Å².